The summed E-state index contributed by atoms with van der Waals surface area (Å²) in [6, 6.07) is 14.8. The highest BCUT2D eigenvalue weighted by molar-refractivity contribution is 6.35. The predicted molar refractivity (Wildman–Crippen MR) is 89.7 cm³/mol. The quantitative estimate of drug-likeness (QED) is 0.825. The van der Waals surface area contributed by atoms with Crippen LogP contribution in [-0.2, 0) is 11.2 Å². The number of amides is 1. The van der Waals surface area contributed by atoms with E-state index >= 15 is 0 Å². The molecule has 0 heterocycles. The van der Waals surface area contributed by atoms with Gasteiger partial charge in [-0.3, -0.25) is 4.79 Å². The maximum atomic E-state index is 11.7. The molecule has 0 aliphatic heterocycles. The summed E-state index contributed by atoms with van der Waals surface area (Å²) in [5, 5.41) is 4.08. The van der Waals surface area contributed by atoms with E-state index in [1.165, 1.54) is 0 Å². The van der Waals surface area contributed by atoms with Gasteiger partial charge in [-0.15, -0.1) is 0 Å². The first kappa shape index (κ1) is 16.7. The second-order valence-electron chi connectivity index (χ2n) is 4.75. The van der Waals surface area contributed by atoms with Crippen LogP contribution in [0.1, 0.15) is 12.0 Å². The molecule has 2 aromatic carbocycles. The van der Waals surface area contributed by atoms with Crippen molar-refractivity contribution in [2.45, 2.75) is 12.8 Å². The highest BCUT2D eigenvalue weighted by Crippen LogP contribution is 2.21. The molecule has 0 bridgehead atoms. The molecular weight excluding hydrogens is 321 g/mol. The minimum Gasteiger partial charge on any atom is -0.493 e. The number of carbonyl (C=O) groups excluding carboxylic acids is 1. The van der Waals surface area contributed by atoms with Crippen LogP contribution in [0.15, 0.2) is 48.5 Å². The number of para-hydroxylation sites is 1. The summed E-state index contributed by atoms with van der Waals surface area (Å²) in [4.78, 5) is 11.7. The first-order chi connectivity index (χ1) is 10.6. The van der Waals surface area contributed by atoms with Crippen LogP contribution in [0.25, 0.3) is 0 Å². The van der Waals surface area contributed by atoms with E-state index in [0.717, 1.165) is 11.3 Å². The van der Waals surface area contributed by atoms with Crippen molar-refractivity contribution in [2.24, 2.45) is 0 Å². The van der Waals surface area contributed by atoms with E-state index < -0.39 is 0 Å². The Hall–Kier alpha value is -1.71. The first-order valence-corrected chi connectivity index (χ1v) is 7.79. The maximum absolute atomic E-state index is 11.7. The van der Waals surface area contributed by atoms with Gasteiger partial charge >= 0.3 is 0 Å². The lowest BCUT2D eigenvalue weighted by atomic mass is 10.1. The molecule has 0 aliphatic rings. The fourth-order valence-corrected chi connectivity index (χ4v) is 2.43. The number of nitrogens with one attached hydrogen (secondary N) is 1. The molecule has 0 spiro atoms. The molecule has 0 aliphatic carbocycles. The Morgan fingerprint density at radius 3 is 2.59 bits per heavy atom. The zero-order chi connectivity index (χ0) is 15.8. The van der Waals surface area contributed by atoms with Crippen LogP contribution in [0.2, 0.25) is 10.0 Å². The van der Waals surface area contributed by atoms with Crippen LogP contribution in [0.4, 0.5) is 0 Å². The Balaban J connectivity index is 1.65. The molecule has 0 unspecified atom stereocenters. The van der Waals surface area contributed by atoms with Gasteiger partial charge in [0.05, 0.1) is 13.0 Å². The zero-order valence-electron chi connectivity index (χ0n) is 12.0. The van der Waals surface area contributed by atoms with Gasteiger partial charge in [0.1, 0.15) is 5.75 Å². The van der Waals surface area contributed by atoms with Crippen LogP contribution >= 0.6 is 23.2 Å². The average Bonchev–Trinajstić information content (AvgIpc) is 2.50. The van der Waals surface area contributed by atoms with E-state index in [-0.39, 0.29) is 5.91 Å². The number of halogens is 2. The topological polar surface area (TPSA) is 38.3 Å². The molecule has 0 saturated carbocycles. The summed E-state index contributed by atoms with van der Waals surface area (Å²) in [7, 11) is 0. The van der Waals surface area contributed by atoms with Gasteiger partial charge in [-0.1, -0.05) is 47.5 Å². The second kappa shape index (κ2) is 8.66. The van der Waals surface area contributed by atoms with Crippen molar-refractivity contribution in [2.75, 3.05) is 13.2 Å². The van der Waals surface area contributed by atoms with Gasteiger partial charge in [0.2, 0.25) is 5.91 Å². The monoisotopic (exact) mass is 337 g/mol. The lowest BCUT2D eigenvalue weighted by Crippen LogP contribution is -2.27. The minimum atomic E-state index is -0.0407. The number of carbonyl (C=O) groups is 1. The van der Waals surface area contributed by atoms with Crippen molar-refractivity contribution in [1.82, 2.24) is 5.32 Å². The summed E-state index contributed by atoms with van der Waals surface area (Å²) in [5.41, 5.74) is 0.965. The van der Waals surface area contributed by atoms with Crippen LogP contribution in [0, 0.1) is 0 Å². The number of benzene rings is 2. The number of hydrogen-bond donors (Lipinski definition) is 1. The summed E-state index contributed by atoms with van der Waals surface area (Å²) >= 11 is 11.9. The molecule has 1 amide bonds. The summed E-state index contributed by atoms with van der Waals surface area (Å²) in [5.74, 6) is 0.726. The Bertz CT molecular complexity index is 617. The summed E-state index contributed by atoms with van der Waals surface area (Å²) in [6.45, 7) is 0.892. The van der Waals surface area contributed by atoms with Gasteiger partial charge in [0.25, 0.3) is 0 Å². The van der Waals surface area contributed by atoms with E-state index in [9.17, 15) is 4.79 Å². The minimum absolute atomic E-state index is 0.0407. The normalized spacial score (nSPS) is 10.3. The SMILES string of the molecule is O=C(CCOc1ccccc1)NCCc1ccc(Cl)cc1Cl. The van der Waals surface area contributed by atoms with Gasteiger partial charge in [-0.2, -0.15) is 0 Å². The van der Waals surface area contributed by atoms with Crippen molar-refractivity contribution in [1.29, 1.82) is 0 Å². The van der Waals surface area contributed by atoms with Crippen molar-refractivity contribution >= 4 is 29.1 Å². The lowest BCUT2D eigenvalue weighted by molar-refractivity contribution is -0.121. The van der Waals surface area contributed by atoms with Gasteiger partial charge < -0.3 is 10.1 Å². The Morgan fingerprint density at radius 2 is 1.86 bits per heavy atom. The molecule has 0 radical (unpaired) electrons. The van der Waals surface area contributed by atoms with E-state index in [0.29, 0.717) is 36.0 Å². The summed E-state index contributed by atoms with van der Waals surface area (Å²) in [6.07, 6.45) is 0.991. The molecule has 1 N–H and O–H groups in total. The fourth-order valence-electron chi connectivity index (χ4n) is 1.93. The van der Waals surface area contributed by atoms with Gasteiger partial charge in [-0.25, -0.2) is 0 Å². The highest BCUT2D eigenvalue weighted by atomic mass is 35.5. The standard InChI is InChI=1S/C17H17Cl2NO2/c18-14-7-6-13(16(19)12-14)8-10-20-17(21)9-11-22-15-4-2-1-3-5-15/h1-7,12H,8-11H2,(H,20,21). The number of ether oxygens (including phenoxy) is 1. The van der Waals surface area contributed by atoms with Crippen molar-refractivity contribution in [3.8, 4) is 5.75 Å². The first-order valence-electron chi connectivity index (χ1n) is 7.03. The van der Waals surface area contributed by atoms with E-state index in [4.69, 9.17) is 27.9 Å². The number of rotatable bonds is 7. The lowest BCUT2D eigenvalue weighted by Gasteiger charge is -2.08. The van der Waals surface area contributed by atoms with Crippen LogP contribution in [-0.4, -0.2) is 19.1 Å². The second-order valence-corrected chi connectivity index (χ2v) is 5.59. The van der Waals surface area contributed by atoms with Crippen molar-refractivity contribution in [3.05, 3.63) is 64.1 Å². The highest BCUT2D eigenvalue weighted by Gasteiger charge is 2.04. The molecule has 0 aromatic heterocycles. The summed E-state index contributed by atoms with van der Waals surface area (Å²) < 4.78 is 5.48. The van der Waals surface area contributed by atoms with Crippen LogP contribution < -0.4 is 10.1 Å². The smallest absolute Gasteiger partial charge is 0.223 e. The van der Waals surface area contributed by atoms with Crippen LogP contribution in [0.3, 0.4) is 0 Å². The molecule has 0 saturated heterocycles. The molecule has 2 aromatic rings. The van der Waals surface area contributed by atoms with Crippen LogP contribution in [0.5, 0.6) is 5.75 Å². The molecule has 0 atom stereocenters. The van der Waals surface area contributed by atoms with Gasteiger partial charge in [0, 0.05) is 16.6 Å². The van der Waals surface area contributed by atoms with Gasteiger partial charge in [0.15, 0.2) is 0 Å². The molecule has 0 fully saturated rings. The molecule has 5 heteroatoms. The van der Waals surface area contributed by atoms with E-state index in [1.54, 1.807) is 12.1 Å². The molecule has 2 rings (SSSR count). The zero-order valence-corrected chi connectivity index (χ0v) is 13.5. The predicted octanol–water partition coefficient (Wildman–Crippen LogP) is 4.12. The van der Waals surface area contributed by atoms with Gasteiger partial charge in [-0.05, 0) is 36.2 Å². The maximum Gasteiger partial charge on any atom is 0.223 e. The molecule has 116 valence electrons. The number of hydrogen-bond acceptors (Lipinski definition) is 2. The molecule has 3 nitrogen and oxygen atoms in total. The van der Waals surface area contributed by atoms with Crippen molar-refractivity contribution in [3.63, 3.8) is 0 Å². The Kier molecular flexibility index (Phi) is 6.56. The van der Waals surface area contributed by atoms with E-state index in [2.05, 4.69) is 5.32 Å². The third-order valence-electron chi connectivity index (χ3n) is 3.07. The third kappa shape index (κ3) is 5.58. The third-order valence-corrected chi connectivity index (χ3v) is 3.66. The largest absolute Gasteiger partial charge is 0.493 e. The molecular formula is C17H17Cl2NO2. The Morgan fingerprint density at radius 1 is 1.09 bits per heavy atom. The fraction of sp³-hybridized carbons (Fsp3) is 0.235. The Labute approximate surface area is 140 Å². The van der Waals surface area contributed by atoms with E-state index in [1.807, 2.05) is 36.4 Å². The van der Waals surface area contributed by atoms with Crippen molar-refractivity contribution < 1.29 is 9.53 Å². The average molecular weight is 338 g/mol. The molecule has 22 heavy (non-hydrogen) atoms.